The standard InChI is InChI=1S/C22H18F3N3O2/c1-12(29)28-20(9-13-7-15(23)11-16(24)8-13)21-17(3-2-6-27-21)14-4-5-19(25)18(10-14)22(26)30/h2-8,10-11,20H,9H2,1H3,(H2,26,30)(H,28,29). The highest BCUT2D eigenvalue weighted by Crippen LogP contribution is 2.30. The van der Waals surface area contributed by atoms with Gasteiger partial charge in [-0.25, -0.2) is 13.2 Å². The number of carbonyl (C=O) groups excluding carboxylic acids is 2. The summed E-state index contributed by atoms with van der Waals surface area (Å²) >= 11 is 0. The Kier molecular flexibility index (Phi) is 6.15. The second-order valence-electron chi connectivity index (χ2n) is 6.73. The van der Waals surface area contributed by atoms with E-state index in [4.69, 9.17) is 5.73 Å². The molecule has 0 bridgehead atoms. The van der Waals surface area contributed by atoms with Crippen LogP contribution in [-0.4, -0.2) is 16.8 Å². The number of hydrogen-bond acceptors (Lipinski definition) is 3. The van der Waals surface area contributed by atoms with Gasteiger partial charge in [-0.3, -0.25) is 14.6 Å². The number of nitrogens with one attached hydrogen (secondary N) is 1. The molecule has 0 radical (unpaired) electrons. The first-order chi connectivity index (χ1) is 14.2. The number of nitrogens with two attached hydrogens (primary N) is 1. The number of nitrogens with zero attached hydrogens (tertiary/aromatic N) is 1. The Morgan fingerprint density at radius 1 is 1.07 bits per heavy atom. The first kappa shape index (κ1) is 21.0. The highest BCUT2D eigenvalue weighted by atomic mass is 19.1. The molecule has 0 saturated heterocycles. The summed E-state index contributed by atoms with van der Waals surface area (Å²) < 4.78 is 41.1. The van der Waals surface area contributed by atoms with Gasteiger partial charge in [0.25, 0.3) is 5.91 Å². The van der Waals surface area contributed by atoms with Crippen LogP contribution in [0.5, 0.6) is 0 Å². The molecule has 2 aromatic carbocycles. The monoisotopic (exact) mass is 413 g/mol. The number of amides is 2. The molecule has 0 fully saturated rings. The van der Waals surface area contributed by atoms with Gasteiger partial charge < -0.3 is 11.1 Å². The second kappa shape index (κ2) is 8.77. The summed E-state index contributed by atoms with van der Waals surface area (Å²) in [5.74, 6) is -3.53. The highest BCUT2D eigenvalue weighted by Gasteiger charge is 2.21. The van der Waals surface area contributed by atoms with E-state index < -0.39 is 29.4 Å². The van der Waals surface area contributed by atoms with Crippen molar-refractivity contribution in [2.75, 3.05) is 0 Å². The Labute approximate surface area is 170 Å². The summed E-state index contributed by atoms with van der Waals surface area (Å²) in [6.07, 6.45) is 1.56. The minimum atomic E-state index is -0.923. The molecule has 1 atom stereocenters. The van der Waals surface area contributed by atoms with E-state index in [0.717, 1.165) is 12.1 Å². The van der Waals surface area contributed by atoms with E-state index in [1.54, 1.807) is 12.1 Å². The molecule has 8 heteroatoms. The number of carbonyl (C=O) groups is 2. The lowest BCUT2D eigenvalue weighted by molar-refractivity contribution is -0.119. The summed E-state index contributed by atoms with van der Waals surface area (Å²) in [4.78, 5) is 27.6. The van der Waals surface area contributed by atoms with Gasteiger partial charge in [-0.05, 0) is 47.9 Å². The van der Waals surface area contributed by atoms with Crippen molar-refractivity contribution in [2.24, 2.45) is 5.73 Å². The quantitative estimate of drug-likeness (QED) is 0.647. The third-order valence-corrected chi connectivity index (χ3v) is 4.45. The fourth-order valence-electron chi connectivity index (χ4n) is 3.25. The van der Waals surface area contributed by atoms with Crippen molar-refractivity contribution < 1.29 is 22.8 Å². The smallest absolute Gasteiger partial charge is 0.251 e. The minimum Gasteiger partial charge on any atom is -0.366 e. The van der Waals surface area contributed by atoms with Gasteiger partial charge in [0.05, 0.1) is 17.3 Å². The predicted octanol–water partition coefficient (Wildman–Crippen LogP) is 3.68. The van der Waals surface area contributed by atoms with Crippen LogP contribution in [0.15, 0.2) is 54.7 Å². The van der Waals surface area contributed by atoms with Crippen molar-refractivity contribution in [2.45, 2.75) is 19.4 Å². The van der Waals surface area contributed by atoms with Gasteiger partial charge in [0.2, 0.25) is 5.91 Å². The van der Waals surface area contributed by atoms with E-state index in [2.05, 4.69) is 10.3 Å². The minimum absolute atomic E-state index is 0.0577. The van der Waals surface area contributed by atoms with Crippen LogP contribution in [0.2, 0.25) is 0 Å². The Balaban J connectivity index is 2.08. The van der Waals surface area contributed by atoms with Crippen molar-refractivity contribution in [3.05, 3.63) is 89.0 Å². The van der Waals surface area contributed by atoms with E-state index in [1.807, 2.05) is 0 Å². The van der Waals surface area contributed by atoms with Crippen molar-refractivity contribution in [1.29, 1.82) is 0 Å². The lowest BCUT2D eigenvalue weighted by Gasteiger charge is -2.21. The Morgan fingerprint density at radius 2 is 1.77 bits per heavy atom. The van der Waals surface area contributed by atoms with Gasteiger partial charge in [-0.15, -0.1) is 0 Å². The topological polar surface area (TPSA) is 85.1 Å². The molecule has 3 aromatic rings. The number of primary amides is 1. The second-order valence-corrected chi connectivity index (χ2v) is 6.73. The maximum Gasteiger partial charge on any atom is 0.251 e. The van der Waals surface area contributed by atoms with Gasteiger partial charge in [-0.1, -0.05) is 12.1 Å². The number of pyridine rings is 1. The molecule has 1 heterocycles. The van der Waals surface area contributed by atoms with E-state index in [0.29, 0.717) is 22.4 Å². The fraction of sp³-hybridized carbons (Fsp3) is 0.136. The molecule has 0 saturated carbocycles. The third-order valence-electron chi connectivity index (χ3n) is 4.45. The molecule has 0 aliphatic rings. The Bertz CT molecular complexity index is 1100. The molecule has 1 unspecified atom stereocenters. The van der Waals surface area contributed by atoms with Crippen LogP contribution >= 0.6 is 0 Å². The summed E-state index contributed by atoms with van der Waals surface area (Å²) in [7, 11) is 0. The lowest BCUT2D eigenvalue weighted by Crippen LogP contribution is -2.29. The zero-order valence-corrected chi connectivity index (χ0v) is 16.0. The van der Waals surface area contributed by atoms with Crippen LogP contribution in [0.3, 0.4) is 0 Å². The Hall–Kier alpha value is -3.68. The Morgan fingerprint density at radius 3 is 2.40 bits per heavy atom. The molecule has 30 heavy (non-hydrogen) atoms. The molecule has 5 nitrogen and oxygen atoms in total. The molecule has 0 aliphatic carbocycles. The SMILES string of the molecule is CC(=O)NC(Cc1cc(F)cc(F)c1)c1ncccc1-c1ccc(F)c(C(N)=O)c1. The van der Waals surface area contributed by atoms with Crippen molar-refractivity contribution in [1.82, 2.24) is 10.3 Å². The summed E-state index contributed by atoms with van der Waals surface area (Å²) in [6.45, 7) is 1.31. The van der Waals surface area contributed by atoms with Crippen molar-refractivity contribution in [3.8, 4) is 11.1 Å². The average molecular weight is 413 g/mol. The number of hydrogen-bond donors (Lipinski definition) is 2. The largest absolute Gasteiger partial charge is 0.366 e. The predicted molar refractivity (Wildman–Crippen MR) is 105 cm³/mol. The molecule has 154 valence electrons. The molecule has 3 N–H and O–H groups in total. The van der Waals surface area contributed by atoms with Gasteiger partial charge in [0.15, 0.2) is 0 Å². The van der Waals surface area contributed by atoms with Crippen LogP contribution in [-0.2, 0) is 11.2 Å². The maximum atomic E-state index is 13.9. The summed E-state index contributed by atoms with van der Waals surface area (Å²) in [5.41, 5.74) is 6.62. The van der Waals surface area contributed by atoms with Gasteiger partial charge in [0, 0.05) is 24.8 Å². The van der Waals surface area contributed by atoms with E-state index >= 15 is 0 Å². The number of rotatable bonds is 6. The molecule has 1 aromatic heterocycles. The van der Waals surface area contributed by atoms with Gasteiger partial charge in [0.1, 0.15) is 17.5 Å². The number of halogens is 3. The molecule has 3 rings (SSSR count). The molecular weight excluding hydrogens is 395 g/mol. The first-order valence-corrected chi connectivity index (χ1v) is 9.01. The van der Waals surface area contributed by atoms with Crippen molar-refractivity contribution in [3.63, 3.8) is 0 Å². The van der Waals surface area contributed by atoms with Crippen LogP contribution in [0.1, 0.15) is 34.6 Å². The maximum absolute atomic E-state index is 13.9. The van der Waals surface area contributed by atoms with E-state index in [1.165, 1.54) is 37.4 Å². The van der Waals surface area contributed by atoms with Crippen LogP contribution < -0.4 is 11.1 Å². The summed E-state index contributed by atoms with van der Waals surface area (Å²) in [6, 6.07) is 9.55. The van der Waals surface area contributed by atoms with Gasteiger partial charge in [-0.2, -0.15) is 0 Å². The molecular formula is C22H18F3N3O2. The fourth-order valence-corrected chi connectivity index (χ4v) is 3.25. The van der Waals surface area contributed by atoms with E-state index in [9.17, 15) is 22.8 Å². The van der Waals surface area contributed by atoms with Crippen molar-refractivity contribution >= 4 is 11.8 Å². The first-order valence-electron chi connectivity index (χ1n) is 9.01. The zero-order valence-electron chi connectivity index (χ0n) is 16.0. The molecule has 0 aliphatic heterocycles. The zero-order chi connectivity index (χ0) is 21.8. The van der Waals surface area contributed by atoms with Crippen LogP contribution in [0, 0.1) is 17.5 Å². The third kappa shape index (κ3) is 4.83. The highest BCUT2D eigenvalue weighted by molar-refractivity contribution is 5.94. The molecule has 2 amide bonds. The van der Waals surface area contributed by atoms with Crippen LogP contribution in [0.4, 0.5) is 13.2 Å². The van der Waals surface area contributed by atoms with E-state index in [-0.39, 0.29) is 17.9 Å². The molecule has 0 spiro atoms. The lowest BCUT2D eigenvalue weighted by atomic mass is 9.94. The average Bonchev–Trinajstić information content (AvgIpc) is 2.66. The number of aromatic nitrogens is 1. The summed E-state index contributed by atoms with van der Waals surface area (Å²) in [5, 5.41) is 2.73. The van der Waals surface area contributed by atoms with Crippen LogP contribution in [0.25, 0.3) is 11.1 Å². The number of benzene rings is 2. The normalized spacial score (nSPS) is 11.7. The van der Waals surface area contributed by atoms with Gasteiger partial charge >= 0.3 is 0 Å².